The molecule has 2 aromatic rings. The second-order valence-electron chi connectivity index (χ2n) is 2.96. The van der Waals surface area contributed by atoms with Crippen LogP contribution in [0.3, 0.4) is 0 Å². The fourth-order valence-electron chi connectivity index (χ4n) is 1.18. The van der Waals surface area contributed by atoms with E-state index in [1.54, 1.807) is 0 Å². The Kier molecular flexibility index (Phi) is 2.92. The van der Waals surface area contributed by atoms with Crippen molar-refractivity contribution >= 4 is 33.2 Å². The monoisotopic (exact) mass is 276 g/mol. The summed E-state index contributed by atoms with van der Waals surface area (Å²) in [7, 11) is -3.73. The first-order valence-electron chi connectivity index (χ1n) is 4.22. The minimum atomic E-state index is -3.73. The highest BCUT2D eigenvalue weighted by Gasteiger charge is 2.20. The molecule has 0 saturated heterocycles. The molecular weight excluding hydrogens is 271 g/mol. The maximum absolute atomic E-state index is 12.0. The summed E-state index contributed by atoms with van der Waals surface area (Å²) in [5.41, 5.74) is 0. The first kappa shape index (κ1) is 11.4. The van der Waals surface area contributed by atoms with Crippen molar-refractivity contribution in [2.45, 2.75) is 4.90 Å². The quantitative estimate of drug-likeness (QED) is 0.847. The molecule has 4 nitrogen and oxygen atoms in total. The lowest BCUT2D eigenvalue weighted by Gasteiger charge is -2.06. The molecule has 0 atom stereocenters. The highest BCUT2D eigenvalue weighted by molar-refractivity contribution is 7.90. The van der Waals surface area contributed by atoms with Crippen LogP contribution in [-0.2, 0) is 10.0 Å². The van der Waals surface area contributed by atoms with E-state index >= 15 is 0 Å². The summed E-state index contributed by atoms with van der Waals surface area (Å²) in [5.74, 6) is 0. The summed E-state index contributed by atoms with van der Waals surface area (Å²) in [6, 6.07) is 5.70. The third kappa shape index (κ3) is 1.93. The van der Waals surface area contributed by atoms with Gasteiger partial charge in [-0.15, -0.1) is 0 Å². The van der Waals surface area contributed by atoms with Crippen molar-refractivity contribution in [3.8, 4) is 0 Å². The van der Waals surface area contributed by atoms with Gasteiger partial charge >= 0.3 is 0 Å². The Balaban J connectivity index is 2.61. The van der Waals surface area contributed by atoms with E-state index in [-0.39, 0.29) is 9.92 Å². The summed E-state index contributed by atoms with van der Waals surface area (Å²) in [6.45, 7) is 0. The molecule has 0 radical (unpaired) electrons. The molecule has 2 rings (SSSR count). The molecule has 1 aromatic carbocycles. The first-order valence-corrected chi connectivity index (χ1v) is 6.42. The van der Waals surface area contributed by atoms with Gasteiger partial charge in [-0.25, -0.2) is 0 Å². The van der Waals surface area contributed by atoms with Crippen LogP contribution in [0, 0.1) is 0 Å². The van der Waals surface area contributed by atoms with Gasteiger partial charge in [0.1, 0.15) is 4.90 Å². The normalized spacial score (nSPS) is 11.6. The molecule has 0 N–H and O–H groups in total. The van der Waals surface area contributed by atoms with Crippen LogP contribution in [-0.4, -0.2) is 17.6 Å². The van der Waals surface area contributed by atoms with E-state index in [0.29, 0.717) is 5.02 Å². The highest BCUT2D eigenvalue weighted by atomic mass is 35.5. The standard InChI is InChI=1S/C9H6Cl2N2O2S/c10-7-2-3-9(8(11)6-7)16(14,15)13-5-1-4-12-13/h1-6H. The number of benzene rings is 1. The number of halogens is 2. The van der Waals surface area contributed by atoms with Gasteiger partial charge in [-0.1, -0.05) is 23.2 Å². The number of hydrogen-bond donors (Lipinski definition) is 0. The summed E-state index contributed by atoms with van der Waals surface area (Å²) in [6.07, 6.45) is 2.71. The van der Waals surface area contributed by atoms with Crippen molar-refractivity contribution in [2.75, 3.05) is 0 Å². The van der Waals surface area contributed by atoms with Crippen molar-refractivity contribution in [1.82, 2.24) is 9.19 Å². The fourth-order valence-corrected chi connectivity index (χ4v) is 3.04. The van der Waals surface area contributed by atoms with Crippen molar-refractivity contribution in [3.05, 3.63) is 46.7 Å². The van der Waals surface area contributed by atoms with Crippen molar-refractivity contribution in [1.29, 1.82) is 0 Å². The van der Waals surface area contributed by atoms with Crippen LogP contribution >= 0.6 is 23.2 Å². The molecule has 0 bridgehead atoms. The molecule has 0 aliphatic rings. The van der Waals surface area contributed by atoms with E-state index in [9.17, 15) is 8.42 Å². The van der Waals surface area contributed by atoms with Gasteiger partial charge in [0.15, 0.2) is 0 Å². The number of hydrogen-bond acceptors (Lipinski definition) is 3. The Hall–Kier alpha value is -1.04. The smallest absolute Gasteiger partial charge is 0.199 e. The van der Waals surface area contributed by atoms with Gasteiger partial charge in [0, 0.05) is 11.2 Å². The third-order valence-corrected chi connectivity index (χ3v) is 4.18. The largest absolute Gasteiger partial charge is 0.284 e. The SMILES string of the molecule is O=S(=O)(c1ccc(Cl)cc1Cl)n1cccn1. The Morgan fingerprint density at radius 3 is 2.56 bits per heavy atom. The fraction of sp³-hybridized carbons (Fsp3) is 0. The van der Waals surface area contributed by atoms with Gasteiger partial charge in [-0.2, -0.15) is 17.6 Å². The molecule has 0 amide bonds. The Morgan fingerprint density at radius 1 is 1.25 bits per heavy atom. The third-order valence-electron chi connectivity index (χ3n) is 1.90. The predicted octanol–water partition coefficient (Wildman–Crippen LogP) is 2.43. The molecule has 1 heterocycles. The lowest BCUT2D eigenvalue weighted by Crippen LogP contribution is -2.13. The van der Waals surface area contributed by atoms with Crippen LogP contribution < -0.4 is 0 Å². The van der Waals surface area contributed by atoms with Crippen molar-refractivity contribution in [2.24, 2.45) is 0 Å². The second kappa shape index (κ2) is 4.08. The molecule has 0 unspecified atom stereocenters. The molecule has 1 aromatic heterocycles. The lowest BCUT2D eigenvalue weighted by molar-refractivity contribution is 0.580. The maximum atomic E-state index is 12.0. The van der Waals surface area contributed by atoms with Gasteiger partial charge in [-0.05, 0) is 24.3 Å². The number of aromatic nitrogens is 2. The minimum absolute atomic E-state index is 0.0257. The van der Waals surface area contributed by atoms with E-state index in [1.165, 1.54) is 36.7 Å². The average molecular weight is 277 g/mol. The second-order valence-corrected chi connectivity index (χ2v) is 5.57. The zero-order valence-electron chi connectivity index (χ0n) is 7.84. The average Bonchev–Trinajstić information content (AvgIpc) is 2.69. The van der Waals surface area contributed by atoms with Gasteiger partial charge < -0.3 is 0 Å². The van der Waals surface area contributed by atoms with E-state index < -0.39 is 10.0 Å². The van der Waals surface area contributed by atoms with Crippen LogP contribution in [0.25, 0.3) is 0 Å². The molecular formula is C9H6Cl2N2O2S. The summed E-state index contributed by atoms with van der Waals surface area (Å²) in [5, 5.41) is 4.12. The summed E-state index contributed by atoms with van der Waals surface area (Å²) in [4.78, 5) is -0.0257. The number of nitrogens with zero attached hydrogens (tertiary/aromatic N) is 2. The molecule has 0 aliphatic carbocycles. The molecule has 7 heteroatoms. The molecule has 16 heavy (non-hydrogen) atoms. The lowest BCUT2D eigenvalue weighted by atomic mass is 10.4. The Morgan fingerprint density at radius 2 is 2.00 bits per heavy atom. The zero-order chi connectivity index (χ0) is 11.8. The summed E-state index contributed by atoms with van der Waals surface area (Å²) < 4.78 is 24.8. The van der Waals surface area contributed by atoms with Crippen LogP contribution in [0.15, 0.2) is 41.6 Å². The van der Waals surface area contributed by atoms with Gasteiger partial charge in [0.05, 0.1) is 11.2 Å². The van der Waals surface area contributed by atoms with Crippen LogP contribution in [0.1, 0.15) is 0 Å². The van der Waals surface area contributed by atoms with Crippen LogP contribution in [0.5, 0.6) is 0 Å². The Bertz CT molecular complexity index is 608. The predicted molar refractivity (Wildman–Crippen MR) is 61.3 cm³/mol. The van der Waals surface area contributed by atoms with Gasteiger partial charge in [0.2, 0.25) is 0 Å². The molecule has 0 aliphatic heterocycles. The first-order chi connectivity index (χ1) is 7.51. The van der Waals surface area contributed by atoms with Crippen molar-refractivity contribution in [3.63, 3.8) is 0 Å². The van der Waals surface area contributed by atoms with Gasteiger partial charge in [-0.3, -0.25) is 0 Å². The Labute approximate surface area is 102 Å². The topological polar surface area (TPSA) is 52.0 Å². The highest BCUT2D eigenvalue weighted by Crippen LogP contribution is 2.26. The minimum Gasteiger partial charge on any atom is -0.199 e. The molecule has 0 spiro atoms. The zero-order valence-corrected chi connectivity index (χ0v) is 10.2. The van der Waals surface area contributed by atoms with E-state index in [4.69, 9.17) is 23.2 Å². The maximum Gasteiger partial charge on any atom is 0.284 e. The number of rotatable bonds is 2. The summed E-state index contributed by atoms with van der Waals surface area (Å²) >= 11 is 11.5. The molecule has 0 saturated carbocycles. The van der Waals surface area contributed by atoms with E-state index in [0.717, 1.165) is 4.09 Å². The van der Waals surface area contributed by atoms with Crippen LogP contribution in [0.4, 0.5) is 0 Å². The van der Waals surface area contributed by atoms with E-state index in [2.05, 4.69) is 5.10 Å². The molecule has 84 valence electrons. The molecule has 0 fully saturated rings. The van der Waals surface area contributed by atoms with Crippen molar-refractivity contribution < 1.29 is 8.42 Å². The van der Waals surface area contributed by atoms with E-state index in [1.807, 2.05) is 0 Å². The van der Waals surface area contributed by atoms with Gasteiger partial charge in [0.25, 0.3) is 10.0 Å². The van der Waals surface area contributed by atoms with Crippen LogP contribution in [0.2, 0.25) is 10.0 Å².